The number of nitrogens with zero attached hydrogens (tertiary/aromatic N) is 1. The first-order valence-electron chi connectivity index (χ1n) is 6.81. The lowest BCUT2D eigenvalue weighted by Gasteiger charge is -2.23. The molecule has 1 heterocycles. The van der Waals surface area contributed by atoms with E-state index in [2.05, 4.69) is 10.6 Å². The van der Waals surface area contributed by atoms with E-state index in [0.717, 1.165) is 32.4 Å². The molecule has 2 N–H and O–H groups in total. The molecule has 1 atom stereocenters. The van der Waals surface area contributed by atoms with Crippen LogP contribution in [0.15, 0.2) is 0 Å². The predicted octanol–water partition coefficient (Wildman–Crippen LogP) is -0.0294. The summed E-state index contributed by atoms with van der Waals surface area (Å²) in [6.07, 6.45) is 3.18. The standard InChI is InChI=1S/C13H23N3O2/c1-3-16(2)11(17)9-15-12(18)10-8-13(10)4-6-14-7-5-13/h10,14H,3-9H2,1-2H3,(H,15,18). The molecular weight excluding hydrogens is 230 g/mol. The van der Waals surface area contributed by atoms with Gasteiger partial charge in [0.15, 0.2) is 0 Å². The summed E-state index contributed by atoms with van der Waals surface area (Å²) < 4.78 is 0. The molecule has 2 fully saturated rings. The second-order valence-corrected chi connectivity index (χ2v) is 5.49. The molecule has 0 aromatic carbocycles. The van der Waals surface area contributed by atoms with Gasteiger partial charge in [0.2, 0.25) is 11.8 Å². The van der Waals surface area contributed by atoms with Crippen molar-refractivity contribution < 1.29 is 9.59 Å². The van der Waals surface area contributed by atoms with Crippen LogP contribution in [0.2, 0.25) is 0 Å². The third-order valence-corrected chi connectivity index (χ3v) is 4.42. The van der Waals surface area contributed by atoms with Gasteiger partial charge in [-0.15, -0.1) is 0 Å². The summed E-state index contributed by atoms with van der Waals surface area (Å²) in [5.74, 6) is 0.181. The van der Waals surface area contributed by atoms with E-state index >= 15 is 0 Å². The highest BCUT2D eigenvalue weighted by atomic mass is 16.2. The van der Waals surface area contributed by atoms with E-state index in [1.165, 1.54) is 0 Å². The van der Waals surface area contributed by atoms with Crippen LogP contribution in [-0.4, -0.2) is 49.9 Å². The maximum atomic E-state index is 12.0. The fourth-order valence-corrected chi connectivity index (χ4v) is 2.79. The maximum Gasteiger partial charge on any atom is 0.241 e. The lowest BCUT2D eigenvalue weighted by atomic mass is 9.92. The summed E-state index contributed by atoms with van der Waals surface area (Å²) >= 11 is 0. The Kier molecular flexibility index (Phi) is 3.90. The highest BCUT2D eigenvalue weighted by Crippen LogP contribution is 2.58. The minimum atomic E-state index is -0.0224. The van der Waals surface area contributed by atoms with Crippen LogP contribution < -0.4 is 10.6 Å². The molecule has 2 aliphatic rings. The molecule has 102 valence electrons. The SMILES string of the molecule is CCN(C)C(=O)CNC(=O)C1CC12CCNCC2. The Balaban J connectivity index is 1.75. The summed E-state index contributed by atoms with van der Waals surface area (Å²) in [5, 5.41) is 6.10. The van der Waals surface area contributed by atoms with Gasteiger partial charge in [-0.2, -0.15) is 0 Å². The first kappa shape index (κ1) is 13.3. The zero-order chi connectivity index (χ0) is 13.2. The van der Waals surface area contributed by atoms with Crippen molar-refractivity contribution in [2.45, 2.75) is 26.2 Å². The predicted molar refractivity (Wildman–Crippen MR) is 69.0 cm³/mol. The van der Waals surface area contributed by atoms with E-state index in [9.17, 15) is 9.59 Å². The van der Waals surface area contributed by atoms with Gasteiger partial charge in [-0.05, 0) is 44.7 Å². The molecule has 1 saturated carbocycles. The number of hydrogen-bond donors (Lipinski definition) is 2. The Morgan fingerprint density at radius 2 is 2.06 bits per heavy atom. The van der Waals surface area contributed by atoms with Gasteiger partial charge in [0.05, 0.1) is 6.54 Å². The summed E-state index contributed by atoms with van der Waals surface area (Å²) in [6, 6.07) is 0. The van der Waals surface area contributed by atoms with E-state index in [0.29, 0.717) is 6.54 Å². The lowest BCUT2D eigenvalue weighted by molar-refractivity contribution is -0.132. The van der Waals surface area contributed by atoms with Crippen LogP contribution in [0.25, 0.3) is 0 Å². The van der Waals surface area contributed by atoms with E-state index in [1.54, 1.807) is 11.9 Å². The summed E-state index contributed by atoms with van der Waals surface area (Å²) in [7, 11) is 1.75. The van der Waals surface area contributed by atoms with Crippen LogP contribution >= 0.6 is 0 Å². The zero-order valence-electron chi connectivity index (χ0n) is 11.3. The van der Waals surface area contributed by atoms with Gasteiger partial charge >= 0.3 is 0 Å². The summed E-state index contributed by atoms with van der Waals surface area (Å²) in [6.45, 7) is 4.76. The molecule has 1 aliphatic carbocycles. The molecular formula is C13H23N3O2. The summed E-state index contributed by atoms with van der Waals surface area (Å²) in [4.78, 5) is 25.2. The van der Waals surface area contributed by atoms with E-state index in [4.69, 9.17) is 0 Å². The Morgan fingerprint density at radius 1 is 1.39 bits per heavy atom. The Morgan fingerprint density at radius 3 is 2.67 bits per heavy atom. The second kappa shape index (κ2) is 5.26. The smallest absolute Gasteiger partial charge is 0.241 e. The third-order valence-electron chi connectivity index (χ3n) is 4.42. The molecule has 1 aliphatic heterocycles. The fourth-order valence-electron chi connectivity index (χ4n) is 2.79. The van der Waals surface area contributed by atoms with Gasteiger partial charge in [-0.25, -0.2) is 0 Å². The Labute approximate surface area is 108 Å². The van der Waals surface area contributed by atoms with Crippen molar-refractivity contribution in [3.8, 4) is 0 Å². The van der Waals surface area contributed by atoms with Crippen LogP contribution in [0.4, 0.5) is 0 Å². The van der Waals surface area contributed by atoms with E-state index in [1.807, 2.05) is 6.92 Å². The molecule has 5 heteroatoms. The van der Waals surface area contributed by atoms with Crippen LogP contribution in [0.1, 0.15) is 26.2 Å². The molecule has 0 radical (unpaired) electrons. The minimum absolute atomic E-state index is 0.0224. The van der Waals surface area contributed by atoms with Gasteiger partial charge in [-0.3, -0.25) is 9.59 Å². The number of nitrogens with one attached hydrogen (secondary N) is 2. The van der Waals surface area contributed by atoms with Crippen LogP contribution in [-0.2, 0) is 9.59 Å². The lowest BCUT2D eigenvalue weighted by Crippen LogP contribution is -2.40. The molecule has 0 bridgehead atoms. The first-order chi connectivity index (χ1) is 8.59. The molecule has 2 amide bonds. The highest BCUT2D eigenvalue weighted by molar-refractivity contribution is 5.87. The molecule has 1 unspecified atom stereocenters. The monoisotopic (exact) mass is 253 g/mol. The van der Waals surface area contributed by atoms with Gasteiger partial charge < -0.3 is 15.5 Å². The number of amides is 2. The van der Waals surface area contributed by atoms with Crippen molar-refractivity contribution in [3.05, 3.63) is 0 Å². The van der Waals surface area contributed by atoms with E-state index < -0.39 is 0 Å². The number of piperidine rings is 1. The van der Waals surface area contributed by atoms with Crippen molar-refractivity contribution in [2.24, 2.45) is 11.3 Å². The molecule has 2 rings (SSSR count). The number of rotatable bonds is 4. The fraction of sp³-hybridized carbons (Fsp3) is 0.846. The van der Waals surface area contributed by atoms with Crippen LogP contribution in [0.5, 0.6) is 0 Å². The van der Waals surface area contributed by atoms with Crippen molar-refractivity contribution in [1.29, 1.82) is 0 Å². The molecule has 18 heavy (non-hydrogen) atoms. The zero-order valence-corrected chi connectivity index (χ0v) is 11.3. The van der Waals surface area contributed by atoms with Gasteiger partial charge in [-0.1, -0.05) is 0 Å². The average molecular weight is 253 g/mol. The van der Waals surface area contributed by atoms with Crippen LogP contribution in [0, 0.1) is 11.3 Å². The van der Waals surface area contributed by atoms with Gasteiger partial charge in [0.1, 0.15) is 0 Å². The first-order valence-corrected chi connectivity index (χ1v) is 6.81. The number of carbonyl (C=O) groups is 2. The second-order valence-electron chi connectivity index (χ2n) is 5.49. The number of likely N-dealkylation sites (N-methyl/N-ethyl adjacent to an activating group) is 1. The van der Waals surface area contributed by atoms with Crippen molar-refractivity contribution in [3.63, 3.8) is 0 Å². The molecule has 5 nitrogen and oxygen atoms in total. The number of carbonyl (C=O) groups excluding carboxylic acids is 2. The van der Waals surface area contributed by atoms with Crippen molar-refractivity contribution in [2.75, 3.05) is 33.2 Å². The normalized spacial score (nSPS) is 24.7. The minimum Gasteiger partial charge on any atom is -0.347 e. The third kappa shape index (κ3) is 2.66. The van der Waals surface area contributed by atoms with E-state index in [-0.39, 0.29) is 29.7 Å². The topological polar surface area (TPSA) is 61.4 Å². The molecule has 1 spiro atoms. The largest absolute Gasteiger partial charge is 0.347 e. The van der Waals surface area contributed by atoms with Gasteiger partial charge in [0.25, 0.3) is 0 Å². The average Bonchev–Trinajstić information content (AvgIpc) is 3.09. The van der Waals surface area contributed by atoms with Crippen LogP contribution in [0.3, 0.4) is 0 Å². The summed E-state index contributed by atoms with van der Waals surface area (Å²) in [5.41, 5.74) is 0.245. The quantitative estimate of drug-likeness (QED) is 0.739. The van der Waals surface area contributed by atoms with Crippen molar-refractivity contribution in [1.82, 2.24) is 15.5 Å². The van der Waals surface area contributed by atoms with Crippen molar-refractivity contribution >= 4 is 11.8 Å². The Hall–Kier alpha value is -1.10. The molecule has 0 aromatic rings. The molecule has 0 aromatic heterocycles. The molecule has 1 saturated heterocycles. The van der Waals surface area contributed by atoms with Gasteiger partial charge in [0, 0.05) is 19.5 Å². The maximum absolute atomic E-state index is 12.0. The highest BCUT2D eigenvalue weighted by Gasteiger charge is 2.57. The number of hydrogen-bond acceptors (Lipinski definition) is 3. The Bertz CT molecular complexity index is 337.